The Morgan fingerprint density at radius 1 is 1.38 bits per heavy atom. The second kappa shape index (κ2) is 3.97. The maximum Gasteiger partial charge on any atom is 0.0192 e. The smallest absolute Gasteiger partial charge is 0.0192 e. The molecule has 0 amide bonds. The van der Waals surface area contributed by atoms with E-state index in [0.29, 0.717) is 5.41 Å². The average molecular weight is 182 g/mol. The Bertz CT molecular complexity index is 157. The first-order valence-corrected chi connectivity index (χ1v) is 5.73. The van der Waals surface area contributed by atoms with Gasteiger partial charge in [-0.2, -0.15) is 0 Å². The Balaban J connectivity index is 1.57. The van der Waals surface area contributed by atoms with Crippen molar-refractivity contribution in [3.05, 3.63) is 0 Å². The molecule has 1 atom stereocenters. The van der Waals surface area contributed by atoms with Crippen LogP contribution in [-0.4, -0.2) is 25.7 Å². The van der Waals surface area contributed by atoms with Crippen LogP contribution < -0.4 is 10.6 Å². The fraction of sp³-hybridized carbons (Fsp3) is 1.00. The minimum atomic E-state index is 0.638. The minimum Gasteiger partial charge on any atom is -0.315 e. The zero-order valence-electron chi connectivity index (χ0n) is 8.73. The summed E-state index contributed by atoms with van der Waals surface area (Å²) in [4.78, 5) is 0. The van der Waals surface area contributed by atoms with E-state index in [1.165, 1.54) is 51.7 Å². The molecule has 2 N–H and O–H groups in total. The lowest BCUT2D eigenvalue weighted by molar-refractivity contribution is 0.156. The molecule has 76 valence electrons. The summed E-state index contributed by atoms with van der Waals surface area (Å²) in [5, 5.41) is 7.12. The van der Waals surface area contributed by atoms with E-state index in [9.17, 15) is 0 Å². The van der Waals surface area contributed by atoms with E-state index in [2.05, 4.69) is 17.6 Å². The maximum atomic E-state index is 3.61. The topological polar surface area (TPSA) is 24.1 Å². The van der Waals surface area contributed by atoms with Gasteiger partial charge < -0.3 is 10.6 Å². The molecular weight excluding hydrogens is 160 g/mol. The van der Waals surface area contributed by atoms with E-state index in [-0.39, 0.29) is 0 Å². The van der Waals surface area contributed by atoms with Gasteiger partial charge in [0.25, 0.3) is 0 Å². The average Bonchev–Trinajstić information content (AvgIpc) is 2.54. The van der Waals surface area contributed by atoms with Crippen molar-refractivity contribution in [1.82, 2.24) is 10.6 Å². The van der Waals surface area contributed by atoms with Crippen LogP contribution in [0.15, 0.2) is 0 Å². The van der Waals surface area contributed by atoms with Crippen molar-refractivity contribution in [3.63, 3.8) is 0 Å². The van der Waals surface area contributed by atoms with Gasteiger partial charge in [-0.3, -0.25) is 0 Å². The normalized spacial score (nSPS) is 31.6. The highest BCUT2D eigenvalue weighted by Crippen LogP contribution is 2.39. The number of nitrogens with one attached hydrogen (secondary N) is 2. The van der Waals surface area contributed by atoms with Crippen molar-refractivity contribution in [2.75, 3.05) is 19.6 Å². The quantitative estimate of drug-likeness (QED) is 0.689. The van der Waals surface area contributed by atoms with Crippen LogP contribution in [0.4, 0.5) is 0 Å². The highest BCUT2D eigenvalue weighted by Gasteiger charge is 2.31. The van der Waals surface area contributed by atoms with Crippen molar-refractivity contribution in [2.24, 2.45) is 5.41 Å². The van der Waals surface area contributed by atoms with Crippen molar-refractivity contribution in [3.8, 4) is 0 Å². The Hall–Kier alpha value is -0.0800. The van der Waals surface area contributed by atoms with Crippen LogP contribution in [0.3, 0.4) is 0 Å². The Morgan fingerprint density at radius 2 is 2.23 bits per heavy atom. The van der Waals surface area contributed by atoms with Crippen molar-refractivity contribution in [2.45, 2.75) is 45.1 Å². The van der Waals surface area contributed by atoms with Crippen LogP contribution in [0.2, 0.25) is 0 Å². The fourth-order valence-electron chi connectivity index (χ4n) is 2.44. The minimum absolute atomic E-state index is 0.638. The molecule has 2 fully saturated rings. The highest BCUT2D eigenvalue weighted by molar-refractivity contribution is 4.86. The van der Waals surface area contributed by atoms with Crippen LogP contribution >= 0.6 is 0 Å². The van der Waals surface area contributed by atoms with E-state index < -0.39 is 0 Å². The van der Waals surface area contributed by atoms with Crippen LogP contribution in [0, 0.1) is 5.41 Å². The van der Waals surface area contributed by atoms with E-state index >= 15 is 0 Å². The molecule has 2 rings (SSSR count). The van der Waals surface area contributed by atoms with E-state index in [1.807, 2.05) is 0 Å². The van der Waals surface area contributed by atoms with Gasteiger partial charge in [0.15, 0.2) is 0 Å². The van der Waals surface area contributed by atoms with Crippen molar-refractivity contribution >= 4 is 0 Å². The fourth-order valence-corrected chi connectivity index (χ4v) is 2.44. The molecule has 0 spiro atoms. The predicted octanol–water partition coefficient (Wildman–Crippen LogP) is 1.52. The van der Waals surface area contributed by atoms with Crippen LogP contribution in [0.25, 0.3) is 0 Å². The monoisotopic (exact) mass is 182 g/mol. The molecule has 1 aliphatic carbocycles. The van der Waals surface area contributed by atoms with Crippen LogP contribution in [0.1, 0.15) is 39.0 Å². The summed E-state index contributed by atoms with van der Waals surface area (Å²) in [5.41, 5.74) is 0.638. The Labute approximate surface area is 81.5 Å². The lowest BCUT2D eigenvalue weighted by atomic mass is 9.70. The summed E-state index contributed by atoms with van der Waals surface area (Å²) < 4.78 is 0. The van der Waals surface area contributed by atoms with Gasteiger partial charge in [0.2, 0.25) is 0 Å². The summed E-state index contributed by atoms with van der Waals surface area (Å²) in [6, 6.07) is 0.753. The highest BCUT2D eigenvalue weighted by atomic mass is 15.0. The summed E-state index contributed by atoms with van der Waals surface area (Å²) >= 11 is 0. The first kappa shape index (κ1) is 9.47. The second-order valence-corrected chi connectivity index (χ2v) is 5.09. The molecule has 1 unspecified atom stereocenters. The van der Waals surface area contributed by atoms with E-state index in [0.717, 1.165) is 6.04 Å². The summed E-state index contributed by atoms with van der Waals surface area (Å²) in [5.74, 6) is 0. The molecule has 0 aromatic heterocycles. The molecule has 1 aliphatic heterocycles. The van der Waals surface area contributed by atoms with Gasteiger partial charge in [0.05, 0.1) is 0 Å². The van der Waals surface area contributed by atoms with E-state index in [1.54, 1.807) is 0 Å². The molecule has 0 radical (unpaired) electrons. The van der Waals surface area contributed by atoms with Crippen molar-refractivity contribution in [1.29, 1.82) is 0 Å². The van der Waals surface area contributed by atoms with Gasteiger partial charge in [-0.05, 0) is 37.6 Å². The summed E-state index contributed by atoms with van der Waals surface area (Å²) in [6.45, 7) is 6.04. The molecule has 2 heteroatoms. The zero-order valence-corrected chi connectivity index (χ0v) is 8.73. The molecule has 2 nitrogen and oxygen atoms in total. The summed E-state index contributed by atoms with van der Waals surface area (Å²) in [7, 11) is 0. The summed E-state index contributed by atoms with van der Waals surface area (Å²) in [6.07, 6.45) is 7.03. The Morgan fingerprint density at radius 3 is 2.77 bits per heavy atom. The van der Waals surface area contributed by atoms with Crippen molar-refractivity contribution < 1.29 is 0 Å². The van der Waals surface area contributed by atoms with E-state index in [4.69, 9.17) is 0 Å². The molecule has 0 aromatic rings. The van der Waals surface area contributed by atoms with Gasteiger partial charge in [0.1, 0.15) is 0 Å². The number of rotatable bonds is 4. The molecular formula is C11H22N2. The molecule has 0 bridgehead atoms. The molecule has 1 saturated carbocycles. The Kier molecular flexibility index (Phi) is 2.89. The third-order valence-corrected chi connectivity index (χ3v) is 3.67. The van der Waals surface area contributed by atoms with Gasteiger partial charge in [-0.1, -0.05) is 13.3 Å². The van der Waals surface area contributed by atoms with Crippen LogP contribution in [-0.2, 0) is 0 Å². The third kappa shape index (κ3) is 2.44. The van der Waals surface area contributed by atoms with Gasteiger partial charge in [-0.25, -0.2) is 0 Å². The third-order valence-electron chi connectivity index (χ3n) is 3.67. The largest absolute Gasteiger partial charge is 0.315 e. The standard InChI is InChI=1S/C11H22N2/c1-11(5-3-6-11)9-12-8-10-4-2-7-13-10/h10,12-13H,2-9H2,1H3. The zero-order chi connectivity index (χ0) is 9.15. The molecule has 2 aliphatic rings. The number of hydrogen-bond donors (Lipinski definition) is 2. The molecule has 13 heavy (non-hydrogen) atoms. The SMILES string of the molecule is CC1(CNCC2CCCN2)CCC1. The van der Waals surface area contributed by atoms with Gasteiger partial charge >= 0.3 is 0 Å². The van der Waals surface area contributed by atoms with Gasteiger partial charge in [0, 0.05) is 19.1 Å². The first-order chi connectivity index (χ1) is 6.29. The van der Waals surface area contributed by atoms with Gasteiger partial charge in [-0.15, -0.1) is 0 Å². The van der Waals surface area contributed by atoms with Crippen LogP contribution in [0.5, 0.6) is 0 Å². The molecule has 1 heterocycles. The molecule has 1 saturated heterocycles. The number of hydrogen-bond acceptors (Lipinski definition) is 2. The molecule has 0 aromatic carbocycles. The maximum absolute atomic E-state index is 3.61. The predicted molar refractivity (Wildman–Crippen MR) is 55.9 cm³/mol. The lowest BCUT2D eigenvalue weighted by Crippen LogP contribution is -2.42. The lowest BCUT2D eigenvalue weighted by Gasteiger charge is -2.38. The second-order valence-electron chi connectivity index (χ2n) is 5.09. The first-order valence-electron chi connectivity index (χ1n) is 5.73.